The van der Waals surface area contributed by atoms with Gasteiger partial charge in [-0.2, -0.15) is 0 Å². The summed E-state index contributed by atoms with van der Waals surface area (Å²) in [5.74, 6) is -0.145. The van der Waals surface area contributed by atoms with Crippen molar-refractivity contribution in [1.82, 2.24) is 0 Å². The maximum atomic E-state index is 11.1. The molecule has 0 saturated heterocycles. The van der Waals surface area contributed by atoms with Crippen molar-refractivity contribution >= 4 is 17.3 Å². The van der Waals surface area contributed by atoms with E-state index >= 15 is 0 Å². The first kappa shape index (κ1) is 9.32. The van der Waals surface area contributed by atoms with Crippen LogP contribution in [0.5, 0.6) is 0 Å². The van der Waals surface area contributed by atoms with E-state index in [1.165, 1.54) is 6.08 Å². The van der Waals surface area contributed by atoms with Crippen LogP contribution in [0, 0.1) is 0 Å². The molecule has 0 aliphatic carbocycles. The molecule has 3 N–H and O–H groups in total. The molecule has 1 aromatic rings. The molecule has 1 rings (SSSR count). The van der Waals surface area contributed by atoms with Crippen LogP contribution in [0.15, 0.2) is 36.4 Å². The van der Waals surface area contributed by atoms with Gasteiger partial charge in [0.1, 0.15) is 0 Å². The fourth-order valence-electron chi connectivity index (χ4n) is 0.952. The maximum absolute atomic E-state index is 11.1. The molecule has 0 fully saturated rings. The highest BCUT2D eigenvalue weighted by Crippen LogP contribution is 2.11. The molecule has 0 aliphatic heterocycles. The minimum absolute atomic E-state index is 0.145. The second-order valence-corrected chi connectivity index (χ2v) is 2.61. The van der Waals surface area contributed by atoms with Gasteiger partial charge in [-0.25, -0.2) is 0 Å². The lowest BCUT2D eigenvalue weighted by atomic mass is 10.3. The predicted octanol–water partition coefficient (Wildman–Crippen LogP) is 1.78. The quantitative estimate of drug-likeness (QED) is 0.533. The molecule has 0 atom stereocenters. The molecule has 1 amide bonds. The Labute approximate surface area is 77.3 Å². The number of carbonyl (C=O) groups is 1. The van der Waals surface area contributed by atoms with Crippen LogP contribution >= 0.6 is 0 Å². The summed E-state index contributed by atoms with van der Waals surface area (Å²) in [6.45, 7) is 1.79. The number of anilines is 2. The van der Waals surface area contributed by atoms with E-state index < -0.39 is 0 Å². The lowest BCUT2D eigenvalue weighted by molar-refractivity contribution is -0.111. The maximum Gasteiger partial charge on any atom is 0.248 e. The zero-order valence-corrected chi connectivity index (χ0v) is 7.45. The van der Waals surface area contributed by atoms with Gasteiger partial charge in [-0.15, -0.1) is 0 Å². The Morgan fingerprint density at radius 2 is 2.31 bits per heavy atom. The fourth-order valence-corrected chi connectivity index (χ4v) is 0.952. The number of carbonyl (C=O) groups excluding carboxylic acids is 1. The van der Waals surface area contributed by atoms with Crippen LogP contribution in [-0.2, 0) is 4.79 Å². The highest BCUT2D eigenvalue weighted by molar-refractivity contribution is 5.99. The van der Waals surface area contributed by atoms with Crippen LogP contribution in [-0.4, -0.2) is 5.91 Å². The number of benzene rings is 1. The van der Waals surface area contributed by atoms with Crippen molar-refractivity contribution in [2.75, 3.05) is 11.1 Å². The summed E-state index contributed by atoms with van der Waals surface area (Å²) in [6.07, 6.45) is 3.14. The van der Waals surface area contributed by atoms with E-state index in [-0.39, 0.29) is 5.91 Å². The van der Waals surface area contributed by atoms with E-state index in [0.29, 0.717) is 11.4 Å². The molecule has 3 nitrogen and oxygen atoms in total. The van der Waals surface area contributed by atoms with Crippen molar-refractivity contribution in [2.24, 2.45) is 0 Å². The molecule has 3 heteroatoms. The molecule has 0 unspecified atom stereocenters. The van der Waals surface area contributed by atoms with E-state index in [9.17, 15) is 4.79 Å². The monoisotopic (exact) mass is 176 g/mol. The van der Waals surface area contributed by atoms with E-state index in [1.54, 1.807) is 37.3 Å². The number of hydrogen-bond donors (Lipinski definition) is 2. The summed E-state index contributed by atoms with van der Waals surface area (Å²) in [6, 6.07) is 7.06. The van der Waals surface area contributed by atoms with E-state index in [0.717, 1.165) is 0 Å². The molecule has 0 bridgehead atoms. The highest BCUT2D eigenvalue weighted by atomic mass is 16.1. The lowest BCUT2D eigenvalue weighted by Crippen LogP contribution is -2.07. The average Bonchev–Trinajstić information content (AvgIpc) is 2.04. The molecule has 68 valence electrons. The van der Waals surface area contributed by atoms with Gasteiger partial charge in [0.2, 0.25) is 5.91 Å². The number of rotatable bonds is 2. The van der Waals surface area contributed by atoms with Crippen LogP contribution in [0.4, 0.5) is 11.4 Å². The SMILES string of the molecule is C/C=C/C(=O)Nc1cccc(N)c1. The van der Waals surface area contributed by atoms with Crippen LogP contribution < -0.4 is 11.1 Å². The van der Waals surface area contributed by atoms with Crippen LogP contribution in [0.1, 0.15) is 6.92 Å². The first-order valence-electron chi connectivity index (χ1n) is 4.01. The minimum Gasteiger partial charge on any atom is -0.399 e. The number of amides is 1. The summed E-state index contributed by atoms with van der Waals surface area (Å²) in [4.78, 5) is 11.1. The van der Waals surface area contributed by atoms with Crippen LogP contribution in [0.25, 0.3) is 0 Å². The van der Waals surface area contributed by atoms with Gasteiger partial charge in [-0.05, 0) is 31.2 Å². The fraction of sp³-hybridized carbons (Fsp3) is 0.100. The second-order valence-electron chi connectivity index (χ2n) is 2.61. The van der Waals surface area contributed by atoms with Crippen molar-refractivity contribution in [3.05, 3.63) is 36.4 Å². The van der Waals surface area contributed by atoms with Gasteiger partial charge in [-0.3, -0.25) is 4.79 Å². The number of allylic oxidation sites excluding steroid dienone is 1. The van der Waals surface area contributed by atoms with E-state index in [1.807, 2.05) is 0 Å². The summed E-state index contributed by atoms with van der Waals surface area (Å²) in [7, 11) is 0. The summed E-state index contributed by atoms with van der Waals surface area (Å²) in [5.41, 5.74) is 6.89. The van der Waals surface area contributed by atoms with Crippen molar-refractivity contribution in [1.29, 1.82) is 0 Å². The molecule has 0 spiro atoms. The average molecular weight is 176 g/mol. The number of hydrogen-bond acceptors (Lipinski definition) is 2. The van der Waals surface area contributed by atoms with Crippen molar-refractivity contribution in [3.63, 3.8) is 0 Å². The Bertz CT molecular complexity index is 331. The summed E-state index contributed by atoms with van der Waals surface area (Å²) < 4.78 is 0. The molecule has 0 aromatic heterocycles. The van der Waals surface area contributed by atoms with Gasteiger partial charge >= 0.3 is 0 Å². The third-order valence-electron chi connectivity index (χ3n) is 1.47. The van der Waals surface area contributed by atoms with Gasteiger partial charge in [0.15, 0.2) is 0 Å². The van der Waals surface area contributed by atoms with E-state index in [4.69, 9.17) is 5.73 Å². The first-order valence-corrected chi connectivity index (χ1v) is 4.01. The first-order chi connectivity index (χ1) is 6.22. The molecular formula is C10H12N2O. The molecule has 0 heterocycles. The molecule has 0 radical (unpaired) electrons. The van der Waals surface area contributed by atoms with Crippen LogP contribution in [0.3, 0.4) is 0 Å². The van der Waals surface area contributed by atoms with Crippen molar-refractivity contribution in [2.45, 2.75) is 6.92 Å². The smallest absolute Gasteiger partial charge is 0.248 e. The van der Waals surface area contributed by atoms with Crippen LogP contribution in [0.2, 0.25) is 0 Å². The molecule has 13 heavy (non-hydrogen) atoms. The van der Waals surface area contributed by atoms with Crippen molar-refractivity contribution < 1.29 is 4.79 Å². The number of nitrogen functional groups attached to an aromatic ring is 1. The normalized spacial score (nSPS) is 10.2. The zero-order valence-electron chi connectivity index (χ0n) is 7.45. The van der Waals surface area contributed by atoms with Gasteiger partial charge in [0, 0.05) is 11.4 Å². The third-order valence-corrected chi connectivity index (χ3v) is 1.47. The standard InChI is InChI=1S/C10H12N2O/c1-2-4-10(13)12-9-6-3-5-8(11)7-9/h2-7H,11H2,1H3,(H,12,13)/b4-2+. The summed E-state index contributed by atoms with van der Waals surface area (Å²) in [5, 5.41) is 2.68. The topological polar surface area (TPSA) is 55.1 Å². The second kappa shape index (κ2) is 4.30. The third kappa shape index (κ3) is 2.99. The number of nitrogens with two attached hydrogens (primary N) is 1. The Morgan fingerprint density at radius 3 is 2.92 bits per heavy atom. The largest absolute Gasteiger partial charge is 0.399 e. The zero-order chi connectivity index (χ0) is 9.68. The molecular weight excluding hydrogens is 164 g/mol. The number of nitrogens with one attached hydrogen (secondary N) is 1. The van der Waals surface area contributed by atoms with Gasteiger partial charge in [0.25, 0.3) is 0 Å². The Hall–Kier alpha value is -1.77. The van der Waals surface area contributed by atoms with Gasteiger partial charge in [0.05, 0.1) is 0 Å². The molecule has 0 aliphatic rings. The van der Waals surface area contributed by atoms with Crippen molar-refractivity contribution in [3.8, 4) is 0 Å². The Kier molecular flexibility index (Phi) is 3.09. The highest BCUT2D eigenvalue weighted by Gasteiger charge is 1.96. The Balaban J connectivity index is 2.69. The Morgan fingerprint density at radius 1 is 1.54 bits per heavy atom. The predicted molar refractivity (Wildman–Crippen MR) is 54.3 cm³/mol. The minimum atomic E-state index is -0.145. The van der Waals surface area contributed by atoms with Gasteiger partial charge in [-0.1, -0.05) is 12.1 Å². The van der Waals surface area contributed by atoms with Gasteiger partial charge < -0.3 is 11.1 Å². The molecule has 0 saturated carbocycles. The van der Waals surface area contributed by atoms with E-state index in [2.05, 4.69) is 5.32 Å². The lowest BCUT2D eigenvalue weighted by Gasteiger charge is -2.01. The molecule has 1 aromatic carbocycles. The summed E-state index contributed by atoms with van der Waals surface area (Å²) >= 11 is 0.